The van der Waals surface area contributed by atoms with Crippen molar-refractivity contribution in [2.75, 3.05) is 18.4 Å². The lowest BCUT2D eigenvalue weighted by molar-refractivity contribution is -0.120. The lowest BCUT2D eigenvalue weighted by Crippen LogP contribution is -2.41. The predicted molar refractivity (Wildman–Crippen MR) is 115 cm³/mol. The molecule has 1 N–H and O–H groups in total. The van der Waals surface area contributed by atoms with Crippen LogP contribution in [0.25, 0.3) is 0 Å². The van der Waals surface area contributed by atoms with Crippen LogP contribution in [0.5, 0.6) is 0 Å². The van der Waals surface area contributed by atoms with Gasteiger partial charge in [0.25, 0.3) is 0 Å². The van der Waals surface area contributed by atoms with Gasteiger partial charge in [-0.2, -0.15) is 4.31 Å². The molecule has 0 bridgehead atoms. The average molecular weight is 454 g/mol. The quantitative estimate of drug-likeness (QED) is 0.759. The summed E-state index contributed by atoms with van der Waals surface area (Å²) in [4.78, 5) is 18.8. The zero-order valence-corrected chi connectivity index (χ0v) is 18.6. The molecule has 2 heterocycles. The minimum atomic E-state index is -3.56. The number of carbonyl (C=O) groups excluding carboxylic acids is 1. The largest absolute Gasteiger partial charge is 0.302 e. The first-order valence-corrected chi connectivity index (χ1v) is 12.5. The number of aryl methyl sites for hydroxylation is 1. The number of carbonyl (C=O) groups is 1. The van der Waals surface area contributed by atoms with E-state index in [0.29, 0.717) is 42.0 Å². The van der Waals surface area contributed by atoms with Crippen LogP contribution in [0.2, 0.25) is 5.02 Å². The van der Waals surface area contributed by atoms with Crippen molar-refractivity contribution in [2.45, 2.75) is 43.9 Å². The number of halogens is 1. The summed E-state index contributed by atoms with van der Waals surface area (Å²) in [6.07, 6.45) is 4.15. The summed E-state index contributed by atoms with van der Waals surface area (Å²) in [6, 6.07) is 6.18. The van der Waals surface area contributed by atoms with Crippen molar-refractivity contribution in [1.29, 1.82) is 0 Å². The minimum Gasteiger partial charge on any atom is -0.302 e. The maximum Gasteiger partial charge on any atom is 0.243 e. The van der Waals surface area contributed by atoms with E-state index in [1.807, 2.05) is 0 Å². The van der Waals surface area contributed by atoms with E-state index in [2.05, 4.69) is 17.2 Å². The van der Waals surface area contributed by atoms with Gasteiger partial charge < -0.3 is 5.32 Å². The fourth-order valence-electron chi connectivity index (χ4n) is 3.91. The monoisotopic (exact) mass is 453 g/mol. The average Bonchev–Trinajstić information content (AvgIpc) is 3.09. The summed E-state index contributed by atoms with van der Waals surface area (Å²) in [5, 5.41) is 4.13. The van der Waals surface area contributed by atoms with E-state index in [1.165, 1.54) is 21.3 Å². The topological polar surface area (TPSA) is 79.4 Å². The molecule has 1 aliphatic carbocycles. The number of aromatic nitrogens is 1. The van der Waals surface area contributed by atoms with Crippen LogP contribution in [-0.2, 0) is 27.7 Å². The first kappa shape index (κ1) is 20.8. The SMILES string of the molecule is CC1CCc2nc(NC(=O)C3CCN(S(=O)(=O)c4ccc(Cl)cc4)CC3)sc2C1. The first-order valence-electron chi connectivity index (χ1n) is 9.88. The molecule has 1 aromatic heterocycles. The molecule has 0 spiro atoms. The van der Waals surface area contributed by atoms with Crippen molar-refractivity contribution >= 4 is 44.0 Å². The van der Waals surface area contributed by atoms with E-state index in [1.54, 1.807) is 23.5 Å². The van der Waals surface area contributed by atoms with Crippen LogP contribution in [0.15, 0.2) is 29.2 Å². The normalized spacial score (nSPS) is 21.0. The summed E-state index contributed by atoms with van der Waals surface area (Å²) >= 11 is 7.43. The molecule has 156 valence electrons. The van der Waals surface area contributed by atoms with Crippen molar-refractivity contribution in [3.63, 3.8) is 0 Å². The molecule has 0 radical (unpaired) electrons. The predicted octanol–water partition coefficient (Wildman–Crippen LogP) is 3.96. The number of hydrogen-bond acceptors (Lipinski definition) is 5. The molecule has 2 aromatic rings. The molecule has 1 fully saturated rings. The van der Waals surface area contributed by atoms with Crippen LogP contribution in [0.3, 0.4) is 0 Å². The number of sulfonamides is 1. The zero-order chi connectivity index (χ0) is 20.6. The molecule has 1 atom stereocenters. The van der Waals surface area contributed by atoms with Gasteiger partial charge >= 0.3 is 0 Å². The Hall–Kier alpha value is -1.48. The van der Waals surface area contributed by atoms with Gasteiger partial charge in [-0.15, -0.1) is 11.3 Å². The van der Waals surface area contributed by atoms with Gasteiger partial charge in [0.05, 0.1) is 10.6 Å². The summed E-state index contributed by atoms with van der Waals surface area (Å²) in [5.74, 6) is 0.401. The van der Waals surface area contributed by atoms with Crippen LogP contribution in [0.1, 0.15) is 36.8 Å². The molecule has 1 unspecified atom stereocenters. The van der Waals surface area contributed by atoms with Crippen LogP contribution in [-0.4, -0.2) is 36.7 Å². The molecule has 9 heteroatoms. The Morgan fingerprint density at radius 2 is 1.90 bits per heavy atom. The molecule has 0 saturated carbocycles. The van der Waals surface area contributed by atoms with Crippen LogP contribution in [0, 0.1) is 11.8 Å². The molecular formula is C20H24ClN3O3S2. The fraction of sp³-hybridized carbons (Fsp3) is 0.500. The second-order valence-corrected chi connectivity index (χ2v) is 11.3. The van der Waals surface area contributed by atoms with Gasteiger partial charge in [0.15, 0.2) is 5.13 Å². The number of hydrogen-bond donors (Lipinski definition) is 1. The highest BCUT2D eigenvalue weighted by Gasteiger charge is 2.32. The Morgan fingerprint density at radius 1 is 1.21 bits per heavy atom. The van der Waals surface area contributed by atoms with Crippen LogP contribution in [0.4, 0.5) is 5.13 Å². The van der Waals surface area contributed by atoms with E-state index < -0.39 is 10.0 Å². The lowest BCUT2D eigenvalue weighted by atomic mass is 9.93. The Labute approximate surface area is 180 Å². The first-order chi connectivity index (χ1) is 13.8. The number of fused-ring (bicyclic) bond motifs is 1. The van der Waals surface area contributed by atoms with E-state index >= 15 is 0 Å². The number of piperidine rings is 1. The molecule has 4 rings (SSSR count). The van der Waals surface area contributed by atoms with E-state index in [0.717, 1.165) is 25.0 Å². The fourth-order valence-corrected chi connectivity index (χ4v) is 6.68. The third kappa shape index (κ3) is 4.50. The maximum atomic E-state index is 12.8. The number of amides is 1. The van der Waals surface area contributed by atoms with Gasteiger partial charge in [-0.1, -0.05) is 18.5 Å². The molecule has 6 nitrogen and oxygen atoms in total. The van der Waals surface area contributed by atoms with Crippen molar-refractivity contribution in [2.24, 2.45) is 11.8 Å². The Balaban J connectivity index is 1.36. The lowest BCUT2D eigenvalue weighted by Gasteiger charge is -2.30. The standard InChI is InChI=1S/C20H24ClN3O3S2/c1-13-2-7-17-18(12-13)28-20(22-17)23-19(25)14-8-10-24(11-9-14)29(26,27)16-5-3-15(21)4-6-16/h3-6,13-14H,2,7-12H2,1H3,(H,22,23,25). The number of thiazole rings is 1. The molecular weight excluding hydrogens is 430 g/mol. The number of nitrogens with zero attached hydrogens (tertiary/aromatic N) is 2. The highest BCUT2D eigenvalue weighted by atomic mass is 35.5. The summed E-state index contributed by atoms with van der Waals surface area (Å²) in [7, 11) is -3.56. The summed E-state index contributed by atoms with van der Waals surface area (Å²) in [5.41, 5.74) is 1.12. The number of benzene rings is 1. The van der Waals surface area contributed by atoms with Crippen molar-refractivity contribution < 1.29 is 13.2 Å². The van der Waals surface area contributed by atoms with Gasteiger partial charge in [-0.3, -0.25) is 4.79 Å². The molecule has 1 amide bonds. The highest BCUT2D eigenvalue weighted by Crippen LogP contribution is 2.33. The minimum absolute atomic E-state index is 0.0623. The van der Waals surface area contributed by atoms with Gasteiger partial charge in [0, 0.05) is 28.9 Å². The summed E-state index contributed by atoms with van der Waals surface area (Å²) < 4.78 is 27.0. The van der Waals surface area contributed by atoms with E-state index in [9.17, 15) is 13.2 Å². The van der Waals surface area contributed by atoms with Gasteiger partial charge in [-0.05, 0) is 62.3 Å². The number of nitrogens with one attached hydrogen (secondary N) is 1. The highest BCUT2D eigenvalue weighted by molar-refractivity contribution is 7.89. The molecule has 2 aliphatic rings. The number of anilines is 1. The second kappa shape index (κ2) is 8.34. The Morgan fingerprint density at radius 3 is 2.59 bits per heavy atom. The van der Waals surface area contributed by atoms with E-state index in [-0.39, 0.29) is 16.7 Å². The van der Waals surface area contributed by atoms with Gasteiger partial charge in [0.1, 0.15) is 0 Å². The molecule has 1 aromatic carbocycles. The smallest absolute Gasteiger partial charge is 0.243 e. The summed E-state index contributed by atoms with van der Waals surface area (Å²) in [6.45, 7) is 2.90. The van der Waals surface area contributed by atoms with E-state index in [4.69, 9.17) is 11.6 Å². The zero-order valence-electron chi connectivity index (χ0n) is 16.2. The molecule has 29 heavy (non-hydrogen) atoms. The second-order valence-electron chi connectivity index (χ2n) is 7.86. The van der Waals surface area contributed by atoms with Crippen molar-refractivity contribution in [1.82, 2.24) is 9.29 Å². The van der Waals surface area contributed by atoms with Gasteiger partial charge in [-0.25, -0.2) is 13.4 Å². The van der Waals surface area contributed by atoms with Crippen LogP contribution < -0.4 is 5.32 Å². The third-order valence-electron chi connectivity index (χ3n) is 5.69. The van der Waals surface area contributed by atoms with Crippen molar-refractivity contribution in [3.05, 3.63) is 39.9 Å². The Bertz CT molecular complexity index is 996. The molecule has 1 aliphatic heterocycles. The van der Waals surface area contributed by atoms with Gasteiger partial charge in [0.2, 0.25) is 15.9 Å². The Kier molecular flexibility index (Phi) is 5.97. The number of rotatable bonds is 4. The van der Waals surface area contributed by atoms with Crippen LogP contribution >= 0.6 is 22.9 Å². The third-order valence-corrected chi connectivity index (χ3v) is 8.89. The molecule has 1 saturated heterocycles. The van der Waals surface area contributed by atoms with Crippen molar-refractivity contribution in [3.8, 4) is 0 Å². The maximum absolute atomic E-state index is 12.8.